The molecule has 18 heavy (non-hydrogen) atoms. The lowest BCUT2D eigenvalue weighted by Gasteiger charge is -2.08. The number of methoxy groups -OCH3 is 1. The number of benzene rings is 1. The molecule has 98 valence electrons. The first-order chi connectivity index (χ1) is 8.52. The number of carbonyl (C=O) groups excluding carboxylic acids is 2. The number of amides is 2. The third-order valence-corrected chi connectivity index (χ3v) is 2.49. The summed E-state index contributed by atoms with van der Waals surface area (Å²) in [4.78, 5) is 22.4. The van der Waals surface area contributed by atoms with Crippen LogP contribution in [0.4, 0.5) is 11.4 Å². The first-order valence-corrected chi connectivity index (χ1v) is 6.28. The highest BCUT2D eigenvalue weighted by Gasteiger charge is 2.08. The highest BCUT2D eigenvalue weighted by molar-refractivity contribution is 9.10. The van der Waals surface area contributed by atoms with Gasteiger partial charge in [-0.15, -0.1) is 0 Å². The van der Waals surface area contributed by atoms with E-state index in [0.717, 1.165) is 0 Å². The number of anilines is 2. The molecule has 0 aliphatic heterocycles. The fourth-order valence-corrected chi connectivity index (χ4v) is 1.32. The summed E-state index contributed by atoms with van der Waals surface area (Å²) < 4.78 is 4.70. The molecule has 0 spiro atoms. The van der Waals surface area contributed by atoms with Crippen molar-refractivity contribution >= 4 is 39.1 Å². The quantitative estimate of drug-likeness (QED) is 0.817. The molecule has 0 fully saturated rings. The lowest BCUT2D eigenvalue weighted by molar-refractivity contribution is -0.119. The maximum atomic E-state index is 11.4. The van der Waals surface area contributed by atoms with E-state index in [1.54, 1.807) is 31.2 Å². The number of nitrogens with one attached hydrogen (secondary N) is 2. The van der Waals surface area contributed by atoms with Gasteiger partial charge >= 0.3 is 0 Å². The Bertz CT molecular complexity index is 418. The lowest BCUT2D eigenvalue weighted by Crippen LogP contribution is -2.20. The van der Waals surface area contributed by atoms with E-state index in [0.29, 0.717) is 11.4 Å². The molecule has 1 aromatic rings. The van der Waals surface area contributed by atoms with Crippen molar-refractivity contribution in [3.05, 3.63) is 24.3 Å². The van der Waals surface area contributed by atoms with E-state index >= 15 is 0 Å². The number of hydrogen-bond acceptors (Lipinski definition) is 3. The van der Waals surface area contributed by atoms with Gasteiger partial charge in [0.25, 0.3) is 0 Å². The second-order valence-electron chi connectivity index (χ2n) is 3.66. The second-order valence-corrected chi connectivity index (χ2v) is 5.04. The Morgan fingerprint density at radius 2 is 1.72 bits per heavy atom. The van der Waals surface area contributed by atoms with Crippen LogP contribution in [0.15, 0.2) is 24.3 Å². The third kappa shape index (κ3) is 4.85. The molecule has 1 rings (SSSR count). The fourth-order valence-electron chi connectivity index (χ4n) is 1.21. The Balaban J connectivity index is 2.57. The fraction of sp³-hybridized carbons (Fsp3) is 0.333. The van der Waals surface area contributed by atoms with Gasteiger partial charge in [0, 0.05) is 18.5 Å². The minimum Gasteiger partial charge on any atom is -0.375 e. The summed E-state index contributed by atoms with van der Waals surface area (Å²) in [5.41, 5.74) is 1.33. The molecule has 0 aliphatic rings. The molecule has 0 radical (unpaired) electrons. The van der Waals surface area contributed by atoms with E-state index in [9.17, 15) is 9.59 Å². The molecule has 5 nitrogen and oxygen atoms in total. The minimum absolute atomic E-state index is 0.0135. The van der Waals surface area contributed by atoms with Gasteiger partial charge in [-0.1, -0.05) is 15.9 Å². The van der Waals surface area contributed by atoms with Crippen LogP contribution in [0.5, 0.6) is 0 Å². The highest BCUT2D eigenvalue weighted by atomic mass is 79.9. The number of ether oxygens (including phenoxy) is 1. The number of rotatable bonds is 5. The van der Waals surface area contributed by atoms with Gasteiger partial charge in [-0.25, -0.2) is 0 Å². The monoisotopic (exact) mass is 314 g/mol. The Morgan fingerprint density at radius 3 is 2.17 bits per heavy atom. The molecule has 2 N–H and O–H groups in total. The van der Waals surface area contributed by atoms with Crippen LogP contribution in [0, 0.1) is 0 Å². The van der Waals surface area contributed by atoms with Gasteiger partial charge in [0.1, 0.15) is 6.61 Å². The molecule has 6 heteroatoms. The van der Waals surface area contributed by atoms with E-state index in [1.165, 1.54) is 7.11 Å². The van der Waals surface area contributed by atoms with Crippen molar-refractivity contribution in [3.8, 4) is 0 Å². The van der Waals surface area contributed by atoms with E-state index in [4.69, 9.17) is 4.74 Å². The average Bonchev–Trinajstić information content (AvgIpc) is 2.31. The molecule has 0 aromatic heterocycles. The normalized spacial score (nSPS) is 11.7. The van der Waals surface area contributed by atoms with Crippen molar-refractivity contribution in [2.75, 3.05) is 24.4 Å². The van der Waals surface area contributed by atoms with Crippen molar-refractivity contribution < 1.29 is 14.3 Å². The zero-order valence-corrected chi connectivity index (χ0v) is 11.8. The summed E-state index contributed by atoms with van der Waals surface area (Å²) in [5.74, 6) is -0.338. The lowest BCUT2D eigenvalue weighted by atomic mass is 10.2. The number of carbonyl (C=O) groups is 2. The molecule has 0 saturated carbocycles. The molecular weight excluding hydrogens is 300 g/mol. The van der Waals surface area contributed by atoms with E-state index in [1.807, 2.05) is 0 Å². The highest BCUT2D eigenvalue weighted by Crippen LogP contribution is 2.14. The van der Waals surface area contributed by atoms with Gasteiger partial charge in [-0.3, -0.25) is 9.59 Å². The van der Waals surface area contributed by atoms with Crippen molar-refractivity contribution in [3.63, 3.8) is 0 Å². The predicted molar refractivity (Wildman–Crippen MR) is 74.0 cm³/mol. The van der Waals surface area contributed by atoms with Crippen LogP contribution in [-0.2, 0) is 14.3 Å². The Kier molecular flexibility index (Phi) is 5.80. The summed E-state index contributed by atoms with van der Waals surface area (Å²) in [6.07, 6.45) is 0. The zero-order valence-electron chi connectivity index (χ0n) is 10.2. The molecular formula is C12H15BrN2O3. The maximum Gasteiger partial charge on any atom is 0.250 e. The average molecular weight is 315 g/mol. The second kappa shape index (κ2) is 7.13. The van der Waals surface area contributed by atoms with Crippen LogP contribution in [0.3, 0.4) is 0 Å². The van der Waals surface area contributed by atoms with E-state index in [2.05, 4.69) is 26.6 Å². The topological polar surface area (TPSA) is 67.4 Å². The van der Waals surface area contributed by atoms with Crippen LogP contribution in [0.1, 0.15) is 6.92 Å². The Hall–Kier alpha value is -1.40. The van der Waals surface area contributed by atoms with Crippen molar-refractivity contribution in [1.82, 2.24) is 0 Å². The number of halogens is 1. The van der Waals surface area contributed by atoms with Crippen molar-refractivity contribution in [2.24, 2.45) is 0 Å². The van der Waals surface area contributed by atoms with Crippen LogP contribution in [0.25, 0.3) is 0 Å². The third-order valence-electron chi connectivity index (χ3n) is 2.07. The van der Waals surface area contributed by atoms with Gasteiger partial charge in [-0.2, -0.15) is 0 Å². The van der Waals surface area contributed by atoms with E-state index < -0.39 is 0 Å². The van der Waals surface area contributed by atoms with Crippen LogP contribution in [-0.4, -0.2) is 30.4 Å². The largest absolute Gasteiger partial charge is 0.375 e. The SMILES string of the molecule is COCC(=O)Nc1ccc(NC(=O)C(C)Br)cc1. The summed E-state index contributed by atoms with van der Waals surface area (Å²) in [7, 11) is 1.46. The summed E-state index contributed by atoms with van der Waals surface area (Å²) >= 11 is 3.18. The van der Waals surface area contributed by atoms with E-state index in [-0.39, 0.29) is 23.2 Å². The van der Waals surface area contributed by atoms with Gasteiger partial charge in [0.05, 0.1) is 4.83 Å². The molecule has 0 bridgehead atoms. The summed E-state index contributed by atoms with van der Waals surface area (Å²) in [5, 5.41) is 5.38. The molecule has 0 heterocycles. The first-order valence-electron chi connectivity index (χ1n) is 5.36. The summed E-state index contributed by atoms with van der Waals surface area (Å²) in [6, 6.07) is 6.86. The standard InChI is InChI=1S/C12H15BrN2O3/c1-8(13)12(17)15-10-5-3-9(4-6-10)14-11(16)7-18-2/h3-6,8H,7H2,1-2H3,(H,14,16)(H,15,17). The minimum atomic E-state index is -0.251. The molecule has 2 amide bonds. The Labute approximate surface area is 114 Å². The summed E-state index contributed by atoms with van der Waals surface area (Å²) in [6.45, 7) is 1.76. The van der Waals surface area contributed by atoms with Crippen LogP contribution < -0.4 is 10.6 Å². The molecule has 0 aliphatic carbocycles. The number of hydrogen-bond donors (Lipinski definition) is 2. The predicted octanol–water partition coefficient (Wildman–Crippen LogP) is 1.99. The number of alkyl halides is 1. The zero-order chi connectivity index (χ0) is 13.5. The molecule has 1 atom stereocenters. The van der Waals surface area contributed by atoms with Crippen LogP contribution >= 0.6 is 15.9 Å². The van der Waals surface area contributed by atoms with Crippen molar-refractivity contribution in [2.45, 2.75) is 11.8 Å². The Morgan fingerprint density at radius 1 is 1.22 bits per heavy atom. The van der Waals surface area contributed by atoms with Gasteiger partial charge in [-0.05, 0) is 31.2 Å². The van der Waals surface area contributed by atoms with Gasteiger partial charge in [0.2, 0.25) is 11.8 Å². The molecule has 0 saturated heterocycles. The van der Waals surface area contributed by atoms with Gasteiger partial charge < -0.3 is 15.4 Å². The van der Waals surface area contributed by atoms with Crippen molar-refractivity contribution in [1.29, 1.82) is 0 Å². The van der Waals surface area contributed by atoms with Gasteiger partial charge in [0.15, 0.2) is 0 Å². The first kappa shape index (κ1) is 14.7. The van der Waals surface area contributed by atoms with Crippen LogP contribution in [0.2, 0.25) is 0 Å². The molecule has 1 unspecified atom stereocenters. The maximum absolute atomic E-state index is 11.4. The molecule has 1 aromatic carbocycles. The smallest absolute Gasteiger partial charge is 0.250 e.